The van der Waals surface area contributed by atoms with Crippen LogP contribution in [0.3, 0.4) is 0 Å². The summed E-state index contributed by atoms with van der Waals surface area (Å²) in [4.78, 5) is 50.3. The molecule has 4 rings (SSSR count). The average Bonchev–Trinajstić information content (AvgIpc) is 3.22. The zero-order valence-corrected chi connectivity index (χ0v) is 17.1. The molecule has 1 aliphatic heterocycles. The van der Waals surface area contributed by atoms with Gasteiger partial charge in [-0.25, -0.2) is 4.79 Å². The molecule has 2 N–H and O–H groups in total. The van der Waals surface area contributed by atoms with Crippen molar-refractivity contribution in [2.24, 2.45) is 23.7 Å². The van der Waals surface area contributed by atoms with Gasteiger partial charge in [-0.1, -0.05) is 37.9 Å². The van der Waals surface area contributed by atoms with Gasteiger partial charge in [0.1, 0.15) is 6.54 Å². The lowest BCUT2D eigenvalue weighted by molar-refractivity contribution is -0.143. The van der Waals surface area contributed by atoms with Crippen LogP contribution in [0.2, 0.25) is 0 Å². The van der Waals surface area contributed by atoms with Gasteiger partial charge in [0.15, 0.2) is 0 Å². The Morgan fingerprint density at radius 2 is 1.70 bits per heavy atom. The van der Waals surface area contributed by atoms with E-state index in [1.807, 2.05) is 0 Å². The van der Waals surface area contributed by atoms with Crippen molar-refractivity contribution in [3.05, 3.63) is 29.8 Å². The zero-order valence-electron chi connectivity index (χ0n) is 14.0. The molecule has 6 atom stereocenters. The second-order valence-electron chi connectivity index (χ2n) is 7.20. The highest BCUT2D eigenvalue weighted by atomic mass is 79.9. The van der Waals surface area contributed by atoms with Crippen LogP contribution in [0.5, 0.6) is 0 Å². The number of hydrogen-bond acceptors (Lipinski definition) is 4. The zero-order chi connectivity index (χ0) is 19.5. The van der Waals surface area contributed by atoms with Gasteiger partial charge >= 0.3 is 5.97 Å². The molecule has 3 aliphatic rings. The summed E-state index contributed by atoms with van der Waals surface area (Å²) < 4.78 is 0. The maximum absolute atomic E-state index is 12.8. The Balaban J connectivity index is 1.47. The molecule has 3 fully saturated rings. The standard InChI is InChI=1S/C18H16Br2N2O5/c19-14-9-5-10(15(14)20)13-12(9)16(24)22(17(13)25)6-11(23)21-8-3-1-2-7(4-8)18(26)27/h1-4,9-10,12-15H,5-6H2,(H,21,23)(H,26,27)/t9-,10-,12-,13-,14+,15+/m1/s1. The molecule has 2 bridgehead atoms. The van der Waals surface area contributed by atoms with E-state index < -0.39 is 11.9 Å². The van der Waals surface area contributed by atoms with Crippen molar-refractivity contribution >= 4 is 61.2 Å². The molecule has 1 saturated heterocycles. The van der Waals surface area contributed by atoms with Crippen LogP contribution < -0.4 is 5.32 Å². The third-order valence-electron chi connectivity index (χ3n) is 5.77. The molecule has 9 heteroatoms. The van der Waals surface area contributed by atoms with Crippen LogP contribution in [-0.4, -0.2) is 49.9 Å². The van der Waals surface area contributed by atoms with Gasteiger partial charge in [0.25, 0.3) is 0 Å². The molecule has 0 spiro atoms. The van der Waals surface area contributed by atoms with E-state index in [2.05, 4.69) is 37.2 Å². The number of anilines is 1. The van der Waals surface area contributed by atoms with E-state index in [-0.39, 0.29) is 57.2 Å². The van der Waals surface area contributed by atoms with Crippen molar-refractivity contribution in [3.8, 4) is 0 Å². The molecule has 142 valence electrons. The highest BCUT2D eigenvalue weighted by molar-refractivity contribution is 9.12. The number of nitrogens with one attached hydrogen (secondary N) is 1. The Morgan fingerprint density at radius 1 is 1.11 bits per heavy atom. The van der Waals surface area contributed by atoms with Crippen LogP contribution in [-0.2, 0) is 14.4 Å². The minimum absolute atomic E-state index is 0.0407. The summed E-state index contributed by atoms with van der Waals surface area (Å²) in [7, 11) is 0. The van der Waals surface area contributed by atoms with Gasteiger partial charge < -0.3 is 10.4 Å². The number of carboxylic acids is 1. The van der Waals surface area contributed by atoms with E-state index >= 15 is 0 Å². The molecule has 0 radical (unpaired) electrons. The largest absolute Gasteiger partial charge is 0.478 e. The molecule has 0 unspecified atom stereocenters. The molecule has 0 aromatic heterocycles. The Bertz CT molecular complexity index is 828. The number of benzene rings is 1. The van der Waals surface area contributed by atoms with Crippen LogP contribution in [0.15, 0.2) is 24.3 Å². The summed E-state index contributed by atoms with van der Waals surface area (Å²) in [5.74, 6) is -2.72. The summed E-state index contributed by atoms with van der Waals surface area (Å²) in [5, 5.41) is 11.6. The minimum atomic E-state index is -1.10. The van der Waals surface area contributed by atoms with E-state index in [1.54, 1.807) is 6.07 Å². The maximum atomic E-state index is 12.8. The normalized spacial score (nSPS) is 34.1. The molecule has 27 heavy (non-hydrogen) atoms. The number of hydrogen-bond donors (Lipinski definition) is 2. The molecule has 1 heterocycles. The highest BCUT2D eigenvalue weighted by Gasteiger charge is 2.66. The van der Waals surface area contributed by atoms with Crippen molar-refractivity contribution in [1.29, 1.82) is 0 Å². The number of amides is 3. The van der Waals surface area contributed by atoms with Gasteiger partial charge in [-0.15, -0.1) is 0 Å². The summed E-state index contributed by atoms with van der Waals surface area (Å²) >= 11 is 7.24. The summed E-state index contributed by atoms with van der Waals surface area (Å²) in [6.07, 6.45) is 0.834. The van der Waals surface area contributed by atoms with Crippen molar-refractivity contribution in [2.45, 2.75) is 16.1 Å². The predicted molar refractivity (Wildman–Crippen MR) is 103 cm³/mol. The third-order valence-corrected chi connectivity index (χ3v) is 8.98. The number of likely N-dealkylation sites (tertiary alicyclic amines) is 1. The molecule has 7 nitrogen and oxygen atoms in total. The number of halogens is 2. The van der Waals surface area contributed by atoms with Crippen LogP contribution in [0.25, 0.3) is 0 Å². The smallest absolute Gasteiger partial charge is 0.335 e. The lowest BCUT2D eigenvalue weighted by atomic mass is 9.81. The van der Waals surface area contributed by atoms with E-state index in [1.165, 1.54) is 18.2 Å². The lowest BCUT2D eigenvalue weighted by Gasteiger charge is -2.28. The SMILES string of the molecule is O=C(CN1C(=O)[C@@H]2[C@H]3C[C@@H]([C@H](Br)[C@H]3Br)[C@H]2C1=O)Nc1cccc(C(=O)O)c1. The first-order chi connectivity index (χ1) is 12.8. The minimum Gasteiger partial charge on any atom is -0.478 e. The number of rotatable bonds is 4. The fourth-order valence-electron chi connectivity index (χ4n) is 4.64. The van der Waals surface area contributed by atoms with Crippen LogP contribution in [0.1, 0.15) is 16.8 Å². The summed E-state index contributed by atoms with van der Waals surface area (Å²) in [6.45, 7) is -0.360. The van der Waals surface area contributed by atoms with Gasteiger partial charge in [0, 0.05) is 15.3 Å². The van der Waals surface area contributed by atoms with Crippen molar-refractivity contribution in [3.63, 3.8) is 0 Å². The molecule has 2 saturated carbocycles. The maximum Gasteiger partial charge on any atom is 0.335 e. The molecular weight excluding hydrogens is 484 g/mol. The van der Waals surface area contributed by atoms with E-state index in [4.69, 9.17) is 5.11 Å². The first kappa shape index (κ1) is 18.6. The Morgan fingerprint density at radius 3 is 2.26 bits per heavy atom. The number of fused-ring (bicyclic) bond motifs is 5. The molecule has 3 amide bonds. The van der Waals surface area contributed by atoms with Gasteiger partial charge in [-0.3, -0.25) is 19.3 Å². The predicted octanol–water partition coefficient (Wildman–Crippen LogP) is 2.10. The second kappa shape index (κ2) is 6.70. The molecule has 1 aromatic carbocycles. The van der Waals surface area contributed by atoms with Gasteiger partial charge in [-0.2, -0.15) is 0 Å². The third kappa shape index (κ3) is 2.91. The number of carboxylic acid groups (broad SMARTS) is 1. The quantitative estimate of drug-likeness (QED) is 0.487. The molecule has 1 aromatic rings. The van der Waals surface area contributed by atoms with Crippen molar-refractivity contribution < 1.29 is 24.3 Å². The van der Waals surface area contributed by atoms with Crippen LogP contribution in [0, 0.1) is 23.7 Å². The number of nitrogens with zero attached hydrogens (tertiary/aromatic N) is 1. The van der Waals surface area contributed by atoms with Crippen LogP contribution in [0.4, 0.5) is 5.69 Å². The van der Waals surface area contributed by atoms with Crippen molar-refractivity contribution in [1.82, 2.24) is 4.90 Å². The highest BCUT2D eigenvalue weighted by Crippen LogP contribution is 2.60. The first-order valence-corrected chi connectivity index (χ1v) is 10.4. The van der Waals surface area contributed by atoms with Gasteiger partial charge in [0.05, 0.1) is 17.4 Å². The average molecular weight is 500 g/mol. The van der Waals surface area contributed by atoms with E-state index in [0.717, 1.165) is 11.3 Å². The number of imide groups is 1. The van der Waals surface area contributed by atoms with E-state index in [0.29, 0.717) is 5.69 Å². The number of alkyl halides is 2. The molecular formula is C18H16Br2N2O5. The number of aromatic carboxylic acids is 1. The van der Waals surface area contributed by atoms with E-state index in [9.17, 15) is 19.2 Å². The number of carbonyl (C=O) groups is 4. The van der Waals surface area contributed by atoms with Crippen LogP contribution >= 0.6 is 31.9 Å². The summed E-state index contributed by atoms with van der Waals surface area (Å²) in [5.41, 5.74) is 0.347. The number of carbonyl (C=O) groups excluding carboxylic acids is 3. The second-order valence-corrected chi connectivity index (χ2v) is 9.32. The molecule has 2 aliphatic carbocycles. The Labute approximate surface area is 171 Å². The van der Waals surface area contributed by atoms with Crippen molar-refractivity contribution in [2.75, 3.05) is 11.9 Å². The monoisotopic (exact) mass is 498 g/mol. The Hall–Kier alpha value is -1.74. The fraction of sp³-hybridized carbons (Fsp3) is 0.444. The lowest BCUT2D eigenvalue weighted by Crippen LogP contribution is -2.39. The summed E-state index contributed by atoms with van der Waals surface area (Å²) in [6, 6.07) is 5.81. The fourth-order valence-corrected chi connectivity index (χ4v) is 6.51. The topological polar surface area (TPSA) is 104 Å². The first-order valence-electron chi connectivity index (χ1n) is 8.56. The van der Waals surface area contributed by atoms with Gasteiger partial charge in [0.2, 0.25) is 17.7 Å². The Kier molecular flexibility index (Phi) is 4.62. The van der Waals surface area contributed by atoms with Gasteiger partial charge in [-0.05, 0) is 36.5 Å².